The molecular formula is C18H31IN4O2S2. The average molecular weight is 527 g/mol. The van der Waals surface area contributed by atoms with Crippen molar-refractivity contribution in [2.75, 3.05) is 32.4 Å². The Balaban J connectivity index is 0.00000364. The van der Waals surface area contributed by atoms with Crippen molar-refractivity contribution in [3.8, 4) is 0 Å². The summed E-state index contributed by atoms with van der Waals surface area (Å²) in [6, 6.07) is 5.44. The maximum atomic E-state index is 12.5. The Bertz CT molecular complexity index is 748. The monoisotopic (exact) mass is 526 g/mol. The maximum Gasteiger partial charge on any atom is 0.240 e. The SMILES string of the molecule is CN=C(NCCNS(=O)(=O)c1cc(C)ccc1C)NCC1(C)CCCS1.I. The molecule has 1 heterocycles. The number of rotatable bonds is 7. The molecule has 1 aliphatic heterocycles. The highest BCUT2D eigenvalue weighted by molar-refractivity contribution is 14.0. The lowest BCUT2D eigenvalue weighted by atomic mass is 10.1. The van der Waals surface area contributed by atoms with Crippen molar-refractivity contribution in [2.45, 2.75) is 43.3 Å². The predicted octanol–water partition coefficient (Wildman–Crippen LogP) is 2.65. The topological polar surface area (TPSA) is 82.6 Å². The number of nitrogens with zero attached hydrogens (tertiary/aromatic N) is 1. The summed E-state index contributed by atoms with van der Waals surface area (Å²) in [6.45, 7) is 7.57. The minimum absolute atomic E-state index is 0. The lowest BCUT2D eigenvalue weighted by molar-refractivity contribution is 0.576. The minimum atomic E-state index is -3.51. The van der Waals surface area contributed by atoms with Crippen LogP contribution in [0.4, 0.5) is 0 Å². The van der Waals surface area contributed by atoms with Crippen molar-refractivity contribution in [1.29, 1.82) is 0 Å². The highest BCUT2D eigenvalue weighted by Crippen LogP contribution is 2.36. The van der Waals surface area contributed by atoms with E-state index in [4.69, 9.17) is 0 Å². The molecule has 0 aromatic heterocycles. The third-order valence-corrected chi connectivity index (χ3v) is 7.64. The number of aliphatic imine (C=N–C) groups is 1. The molecule has 6 nitrogen and oxygen atoms in total. The molecule has 0 amide bonds. The minimum Gasteiger partial charge on any atom is -0.355 e. The number of guanidine groups is 1. The van der Waals surface area contributed by atoms with Gasteiger partial charge in [-0.3, -0.25) is 4.99 Å². The second-order valence-corrected chi connectivity index (χ2v) is 10.3. The van der Waals surface area contributed by atoms with Crippen LogP contribution in [0.3, 0.4) is 0 Å². The first kappa shape index (κ1) is 24.5. The third kappa shape index (κ3) is 7.43. The van der Waals surface area contributed by atoms with E-state index >= 15 is 0 Å². The maximum absolute atomic E-state index is 12.5. The van der Waals surface area contributed by atoms with Gasteiger partial charge in [0, 0.05) is 31.4 Å². The Kier molecular flexibility index (Phi) is 9.87. The second kappa shape index (κ2) is 10.9. The van der Waals surface area contributed by atoms with Crippen LogP contribution in [-0.4, -0.2) is 51.6 Å². The van der Waals surface area contributed by atoms with E-state index in [-0.39, 0.29) is 28.7 Å². The van der Waals surface area contributed by atoms with Crippen molar-refractivity contribution in [3.63, 3.8) is 0 Å². The van der Waals surface area contributed by atoms with Crippen LogP contribution >= 0.6 is 35.7 Å². The molecule has 1 saturated heterocycles. The van der Waals surface area contributed by atoms with Crippen LogP contribution in [0.1, 0.15) is 30.9 Å². The molecule has 1 fully saturated rings. The van der Waals surface area contributed by atoms with E-state index in [2.05, 4.69) is 27.3 Å². The summed E-state index contributed by atoms with van der Waals surface area (Å²) in [5.41, 5.74) is 1.67. The first-order chi connectivity index (χ1) is 12.3. The number of sulfonamides is 1. The molecular weight excluding hydrogens is 495 g/mol. The lowest BCUT2D eigenvalue weighted by Crippen LogP contribution is -2.45. The number of nitrogens with one attached hydrogen (secondary N) is 3. The summed E-state index contributed by atoms with van der Waals surface area (Å²) < 4.78 is 27.8. The fourth-order valence-electron chi connectivity index (χ4n) is 2.91. The normalized spacial score (nSPS) is 20.2. The zero-order chi connectivity index (χ0) is 19.2. The molecule has 0 bridgehead atoms. The summed E-state index contributed by atoms with van der Waals surface area (Å²) in [6.07, 6.45) is 2.46. The zero-order valence-corrected chi connectivity index (χ0v) is 20.4. The summed E-state index contributed by atoms with van der Waals surface area (Å²) in [7, 11) is -1.78. The third-order valence-electron chi connectivity index (χ3n) is 4.50. The van der Waals surface area contributed by atoms with Crippen LogP contribution < -0.4 is 15.4 Å². The molecule has 3 N–H and O–H groups in total. The molecule has 0 radical (unpaired) electrons. The van der Waals surface area contributed by atoms with Crippen LogP contribution in [0.2, 0.25) is 0 Å². The van der Waals surface area contributed by atoms with Gasteiger partial charge < -0.3 is 10.6 Å². The van der Waals surface area contributed by atoms with Gasteiger partial charge in [0.1, 0.15) is 0 Å². The van der Waals surface area contributed by atoms with E-state index in [9.17, 15) is 8.42 Å². The smallest absolute Gasteiger partial charge is 0.240 e. The average Bonchev–Trinajstić information content (AvgIpc) is 3.03. The van der Waals surface area contributed by atoms with Gasteiger partial charge in [0.2, 0.25) is 10.0 Å². The fourth-order valence-corrected chi connectivity index (χ4v) is 5.51. The lowest BCUT2D eigenvalue weighted by Gasteiger charge is -2.24. The number of hydrogen-bond acceptors (Lipinski definition) is 4. The molecule has 1 atom stereocenters. The van der Waals surface area contributed by atoms with E-state index < -0.39 is 10.0 Å². The summed E-state index contributed by atoms with van der Waals surface area (Å²) in [4.78, 5) is 4.54. The van der Waals surface area contributed by atoms with Gasteiger partial charge >= 0.3 is 0 Å². The van der Waals surface area contributed by atoms with Gasteiger partial charge in [0.05, 0.1) is 4.90 Å². The molecule has 1 aromatic rings. The highest BCUT2D eigenvalue weighted by atomic mass is 127. The number of hydrogen-bond donors (Lipinski definition) is 3. The van der Waals surface area contributed by atoms with Crippen LogP contribution in [0.15, 0.2) is 28.1 Å². The number of thioether (sulfide) groups is 1. The van der Waals surface area contributed by atoms with E-state index in [1.165, 1.54) is 18.6 Å². The molecule has 1 unspecified atom stereocenters. The molecule has 154 valence electrons. The Labute approximate surface area is 184 Å². The zero-order valence-electron chi connectivity index (χ0n) is 16.5. The molecule has 0 aliphatic carbocycles. The van der Waals surface area contributed by atoms with Gasteiger partial charge in [0.25, 0.3) is 0 Å². The van der Waals surface area contributed by atoms with Gasteiger partial charge in [-0.1, -0.05) is 12.1 Å². The molecule has 0 spiro atoms. The van der Waals surface area contributed by atoms with Crippen molar-refractivity contribution < 1.29 is 8.42 Å². The van der Waals surface area contributed by atoms with Crippen LogP contribution in [0, 0.1) is 13.8 Å². The van der Waals surface area contributed by atoms with Crippen molar-refractivity contribution >= 4 is 51.7 Å². The van der Waals surface area contributed by atoms with E-state index in [1.54, 1.807) is 20.0 Å². The molecule has 1 aromatic carbocycles. The van der Waals surface area contributed by atoms with E-state index in [0.717, 1.165) is 17.7 Å². The Hall–Kier alpha value is -0.520. The summed E-state index contributed by atoms with van der Waals surface area (Å²) >= 11 is 1.99. The first-order valence-corrected chi connectivity index (χ1v) is 11.4. The molecule has 0 saturated carbocycles. The predicted molar refractivity (Wildman–Crippen MR) is 126 cm³/mol. The molecule has 27 heavy (non-hydrogen) atoms. The van der Waals surface area contributed by atoms with E-state index in [0.29, 0.717) is 23.9 Å². The van der Waals surface area contributed by atoms with Gasteiger partial charge in [-0.15, -0.1) is 24.0 Å². The van der Waals surface area contributed by atoms with Gasteiger partial charge in [-0.25, -0.2) is 13.1 Å². The van der Waals surface area contributed by atoms with Crippen molar-refractivity contribution in [2.24, 2.45) is 4.99 Å². The van der Waals surface area contributed by atoms with Gasteiger partial charge in [-0.05, 0) is 56.6 Å². The molecule has 9 heteroatoms. The first-order valence-electron chi connectivity index (χ1n) is 8.91. The van der Waals surface area contributed by atoms with Crippen molar-refractivity contribution in [3.05, 3.63) is 29.3 Å². The molecule has 1 aliphatic rings. The second-order valence-electron chi connectivity index (χ2n) is 6.92. The number of benzene rings is 1. The number of aryl methyl sites for hydroxylation is 2. The quantitative estimate of drug-likeness (QED) is 0.220. The van der Waals surface area contributed by atoms with E-state index in [1.807, 2.05) is 30.8 Å². The standard InChI is InChI=1S/C18H30N4O2S2.HI/c1-14-6-7-15(2)16(12-14)26(23,24)22-10-9-20-17(19-4)21-13-18(3)8-5-11-25-18;/h6-7,12,22H,5,8-11,13H2,1-4H3,(H2,19,20,21);1H. The van der Waals surface area contributed by atoms with Crippen molar-refractivity contribution in [1.82, 2.24) is 15.4 Å². The largest absolute Gasteiger partial charge is 0.355 e. The summed E-state index contributed by atoms with van der Waals surface area (Å²) in [5.74, 6) is 1.91. The van der Waals surface area contributed by atoms with Crippen LogP contribution in [0.25, 0.3) is 0 Å². The fraction of sp³-hybridized carbons (Fsp3) is 0.611. The Morgan fingerprint density at radius 1 is 1.26 bits per heavy atom. The Morgan fingerprint density at radius 3 is 2.63 bits per heavy atom. The van der Waals surface area contributed by atoms with Gasteiger partial charge in [0.15, 0.2) is 5.96 Å². The number of halogens is 1. The van der Waals surface area contributed by atoms with Crippen LogP contribution in [-0.2, 0) is 10.0 Å². The highest BCUT2D eigenvalue weighted by Gasteiger charge is 2.29. The molecule has 2 rings (SSSR count). The summed E-state index contributed by atoms with van der Waals surface area (Å²) in [5, 5.41) is 6.50. The van der Waals surface area contributed by atoms with Crippen LogP contribution in [0.5, 0.6) is 0 Å². The van der Waals surface area contributed by atoms with Gasteiger partial charge in [-0.2, -0.15) is 11.8 Å². The Morgan fingerprint density at radius 2 is 2.00 bits per heavy atom.